The van der Waals surface area contributed by atoms with Gasteiger partial charge in [0, 0.05) is 12.6 Å². The van der Waals surface area contributed by atoms with Crippen molar-refractivity contribution in [3.63, 3.8) is 0 Å². The van der Waals surface area contributed by atoms with Gasteiger partial charge in [-0.3, -0.25) is 0 Å². The number of rotatable bonds is 9. The third-order valence-corrected chi connectivity index (χ3v) is 3.67. The van der Waals surface area contributed by atoms with Gasteiger partial charge in [-0.2, -0.15) is 0 Å². The van der Waals surface area contributed by atoms with Crippen molar-refractivity contribution >= 4 is 0 Å². The fraction of sp³-hybridized carbons (Fsp3) is 0.368. The molecule has 2 rings (SSSR count). The quantitative estimate of drug-likeness (QED) is 0.664. The van der Waals surface area contributed by atoms with E-state index in [1.54, 1.807) is 0 Å². The van der Waals surface area contributed by atoms with E-state index in [4.69, 9.17) is 9.84 Å². The van der Waals surface area contributed by atoms with Crippen LogP contribution in [-0.2, 0) is 6.42 Å². The number of aliphatic hydroxyl groups excluding tert-OH is 2. The third-order valence-electron chi connectivity index (χ3n) is 3.67. The summed E-state index contributed by atoms with van der Waals surface area (Å²) in [5, 5.41) is 22.3. The van der Waals surface area contributed by atoms with E-state index in [-0.39, 0.29) is 12.6 Å². The minimum absolute atomic E-state index is 0.0203. The van der Waals surface area contributed by atoms with Crippen LogP contribution in [0.4, 0.5) is 0 Å². The van der Waals surface area contributed by atoms with Gasteiger partial charge in [0.05, 0.1) is 12.7 Å². The summed E-state index contributed by atoms with van der Waals surface area (Å²) in [6.45, 7) is 2.97. The zero-order valence-corrected chi connectivity index (χ0v) is 13.5. The molecule has 0 saturated carbocycles. The van der Waals surface area contributed by atoms with Gasteiger partial charge in [-0.15, -0.1) is 0 Å². The number of nitrogens with one attached hydrogen (secondary N) is 1. The number of aliphatic hydroxyl groups is 2. The van der Waals surface area contributed by atoms with E-state index in [1.165, 1.54) is 5.56 Å². The third kappa shape index (κ3) is 6.02. The highest BCUT2D eigenvalue weighted by Crippen LogP contribution is 2.14. The molecule has 2 atom stereocenters. The lowest BCUT2D eigenvalue weighted by molar-refractivity contribution is 0.170. The summed E-state index contributed by atoms with van der Waals surface area (Å²) in [5.74, 6) is 0.767. The molecule has 0 aliphatic carbocycles. The Bertz CT molecular complexity index is 557. The molecule has 0 aliphatic heterocycles. The molecular formula is C19H25NO3. The molecule has 4 nitrogen and oxygen atoms in total. The highest BCUT2D eigenvalue weighted by molar-refractivity contribution is 5.27. The molecule has 124 valence electrons. The Hall–Kier alpha value is -1.88. The van der Waals surface area contributed by atoms with Gasteiger partial charge in [-0.25, -0.2) is 0 Å². The Morgan fingerprint density at radius 2 is 1.74 bits per heavy atom. The molecule has 0 fully saturated rings. The molecule has 0 unspecified atom stereocenters. The van der Waals surface area contributed by atoms with E-state index in [9.17, 15) is 5.11 Å². The molecule has 4 heteroatoms. The smallest absolute Gasteiger partial charge is 0.119 e. The van der Waals surface area contributed by atoms with Crippen LogP contribution in [0.15, 0.2) is 54.6 Å². The SMILES string of the molecule is C[C@H](Cc1ccc(OCCO)cc1)NC[C@H](O)c1ccccc1. The Morgan fingerprint density at radius 3 is 2.39 bits per heavy atom. The highest BCUT2D eigenvalue weighted by atomic mass is 16.5. The first-order valence-corrected chi connectivity index (χ1v) is 7.98. The predicted octanol–water partition coefficient (Wildman–Crippen LogP) is 2.31. The summed E-state index contributed by atoms with van der Waals surface area (Å²) in [6.07, 6.45) is 0.384. The molecule has 0 aliphatic rings. The molecule has 3 N–H and O–H groups in total. The number of hydrogen-bond acceptors (Lipinski definition) is 4. The lowest BCUT2D eigenvalue weighted by atomic mass is 10.1. The molecule has 2 aromatic carbocycles. The van der Waals surface area contributed by atoms with Crippen molar-refractivity contribution in [3.05, 3.63) is 65.7 Å². The second-order valence-electron chi connectivity index (χ2n) is 5.66. The summed E-state index contributed by atoms with van der Waals surface area (Å²) < 4.78 is 5.34. The largest absolute Gasteiger partial charge is 0.491 e. The minimum Gasteiger partial charge on any atom is -0.491 e. The van der Waals surface area contributed by atoms with Crippen molar-refractivity contribution < 1.29 is 14.9 Å². The van der Waals surface area contributed by atoms with Crippen molar-refractivity contribution in [1.82, 2.24) is 5.32 Å². The predicted molar refractivity (Wildman–Crippen MR) is 91.6 cm³/mol. The first-order chi connectivity index (χ1) is 11.2. The van der Waals surface area contributed by atoms with Gasteiger partial charge in [0.25, 0.3) is 0 Å². The molecular weight excluding hydrogens is 290 g/mol. The molecule has 0 aromatic heterocycles. The minimum atomic E-state index is -0.493. The number of hydrogen-bond donors (Lipinski definition) is 3. The second-order valence-corrected chi connectivity index (χ2v) is 5.66. The molecule has 0 saturated heterocycles. The maximum atomic E-state index is 10.2. The normalized spacial score (nSPS) is 13.5. The van der Waals surface area contributed by atoms with Crippen LogP contribution in [0.1, 0.15) is 24.2 Å². The lowest BCUT2D eigenvalue weighted by Gasteiger charge is -2.17. The molecule has 0 radical (unpaired) electrons. The van der Waals surface area contributed by atoms with Crippen LogP contribution in [0, 0.1) is 0 Å². The second kappa shape index (κ2) is 9.30. The monoisotopic (exact) mass is 315 g/mol. The summed E-state index contributed by atoms with van der Waals surface area (Å²) >= 11 is 0. The van der Waals surface area contributed by atoms with Crippen LogP contribution in [0.3, 0.4) is 0 Å². The summed E-state index contributed by atoms with van der Waals surface area (Å²) in [5.41, 5.74) is 2.13. The fourth-order valence-electron chi connectivity index (χ4n) is 2.42. The van der Waals surface area contributed by atoms with E-state index in [2.05, 4.69) is 12.2 Å². The van der Waals surface area contributed by atoms with Crippen molar-refractivity contribution in [1.29, 1.82) is 0 Å². The number of ether oxygens (including phenoxy) is 1. The molecule has 0 amide bonds. The number of benzene rings is 2. The average Bonchev–Trinajstić information content (AvgIpc) is 2.60. The lowest BCUT2D eigenvalue weighted by Crippen LogP contribution is -2.32. The maximum absolute atomic E-state index is 10.2. The van der Waals surface area contributed by atoms with Crippen LogP contribution in [-0.4, -0.2) is 36.0 Å². The van der Waals surface area contributed by atoms with Crippen molar-refractivity contribution in [2.75, 3.05) is 19.8 Å². The van der Waals surface area contributed by atoms with Crippen LogP contribution in [0.25, 0.3) is 0 Å². The molecule has 0 bridgehead atoms. The van der Waals surface area contributed by atoms with Gasteiger partial charge in [0.1, 0.15) is 12.4 Å². The average molecular weight is 315 g/mol. The Kier molecular flexibility index (Phi) is 7.07. The molecule has 2 aromatic rings. The fourth-order valence-corrected chi connectivity index (χ4v) is 2.42. The zero-order chi connectivity index (χ0) is 16.5. The van der Waals surface area contributed by atoms with E-state index < -0.39 is 6.10 Å². The first kappa shape index (κ1) is 17.5. The summed E-state index contributed by atoms with van der Waals surface area (Å²) in [7, 11) is 0. The van der Waals surface area contributed by atoms with Gasteiger partial charge in [0.15, 0.2) is 0 Å². The summed E-state index contributed by atoms with van der Waals surface area (Å²) in [6, 6.07) is 17.8. The van der Waals surface area contributed by atoms with E-state index in [1.807, 2.05) is 54.6 Å². The molecule has 0 heterocycles. The topological polar surface area (TPSA) is 61.7 Å². The van der Waals surface area contributed by atoms with Gasteiger partial charge in [-0.1, -0.05) is 42.5 Å². The van der Waals surface area contributed by atoms with Crippen LogP contribution in [0.2, 0.25) is 0 Å². The van der Waals surface area contributed by atoms with Crippen molar-refractivity contribution in [2.45, 2.75) is 25.5 Å². The van der Waals surface area contributed by atoms with Crippen LogP contribution >= 0.6 is 0 Å². The standard InChI is InChI=1S/C19H25NO3/c1-15(20-14-19(22)17-5-3-2-4-6-17)13-16-7-9-18(10-8-16)23-12-11-21/h2-10,15,19-22H,11-14H2,1H3/t15-,19+/m1/s1. The van der Waals surface area contributed by atoms with Gasteiger partial charge < -0.3 is 20.3 Å². The highest BCUT2D eigenvalue weighted by Gasteiger charge is 2.09. The van der Waals surface area contributed by atoms with Crippen molar-refractivity contribution in [3.8, 4) is 5.75 Å². The van der Waals surface area contributed by atoms with E-state index in [0.29, 0.717) is 13.2 Å². The summed E-state index contributed by atoms with van der Waals surface area (Å²) in [4.78, 5) is 0. The van der Waals surface area contributed by atoms with Gasteiger partial charge in [-0.05, 0) is 36.6 Å². The maximum Gasteiger partial charge on any atom is 0.119 e. The molecule has 0 spiro atoms. The first-order valence-electron chi connectivity index (χ1n) is 7.98. The van der Waals surface area contributed by atoms with Crippen molar-refractivity contribution in [2.24, 2.45) is 0 Å². The van der Waals surface area contributed by atoms with Crippen LogP contribution < -0.4 is 10.1 Å². The Labute approximate surface area is 137 Å². The Balaban J connectivity index is 1.77. The Morgan fingerprint density at radius 1 is 1.04 bits per heavy atom. The van der Waals surface area contributed by atoms with E-state index >= 15 is 0 Å². The van der Waals surface area contributed by atoms with Crippen LogP contribution in [0.5, 0.6) is 5.75 Å². The van der Waals surface area contributed by atoms with Gasteiger partial charge in [0.2, 0.25) is 0 Å². The van der Waals surface area contributed by atoms with E-state index in [0.717, 1.165) is 17.7 Å². The van der Waals surface area contributed by atoms with Gasteiger partial charge >= 0.3 is 0 Å². The molecule has 23 heavy (non-hydrogen) atoms. The zero-order valence-electron chi connectivity index (χ0n) is 13.5.